The Kier molecular flexibility index (Phi) is 2.38. The predicted molar refractivity (Wildman–Crippen MR) is 37.1 cm³/mol. The van der Waals surface area contributed by atoms with Gasteiger partial charge in [0.05, 0.1) is 0 Å². The molecule has 1 fully saturated rings. The Bertz CT molecular complexity index is 222. The molecule has 3 N–H and O–H groups in total. The molecule has 1 saturated carbocycles. The van der Waals surface area contributed by atoms with Crippen molar-refractivity contribution in [3.05, 3.63) is 0 Å². The fraction of sp³-hybridized carbons (Fsp3) is 0.833. The molecule has 0 spiro atoms. The van der Waals surface area contributed by atoms with Crippen LogP contribution in [0.4, 0.5) is 13.2 Å². The fourth-order valence-electron chi connectivity index (χ4n) is 1.22. The summed E-state index contributed by atoms with van der Waals surface area (Å²) in [4.78, 5) is 0. The standard InChI is InChI=1S/C6H9F3N2O2/c7-6(8,9)13-5(2-1-3-5)4(10)11-12/h12H,1-3H2,(H2,10,11). The average molecular weight is 198 g/mol. The molecule has 0 aromatic rings. The maximum absolute atomic E-state index is 11.9. The minimum Gasteiger partial charge on any atom is -0.409 e. The van der Waals surface area contributed by atoms with Crippen molar-refractivity contribution in [1.29, 1.82) is 0 Å². The maximum atomic E-state index is 11.9. The second kappa shape index (κ2) is 3.06. The topological polar surface area (TPSA) is 67.8 Å². The van der Waals surface area contributed by atoms with Crippen LogP contribution in [0.3, 0.4) is 0 Å². The van der Waals surface area contributed by atoms with Crippen LogP contribution < -0.4 is 5.73 Å². The summed E-state index contributed by atoms with van der Waals surface area (Å²) in [6, 6.07) is 0. The molecule has 13 heavy (non-hydrogen) atoms. The zero-order valence-electron chi connectivity index (χ0n) is 6.64. The van der Waals surface area contributed by atoms with Crippen LogP contribution in [-0.4, -0.2) is 23.0 Å². The molecule has 0 aromatic carbocycles. The van der Waals surface area contributed by atoms with Crippen LogP contribution in [0.1, 0.15) is 19.3 Å². The van der Waals surface area contributed by atoms with E-state index in [1.807, 2.05) is 0 Å². The van der Waals surface area contributed by atoms with Gasteiger partial charge in [0, 0.05) is 0 Å². The second-order valence-corrected chi connectivity index (χ2v) is 2.88. The number of alkyl halides is 3. The van der Waals surface area contributed by atoms with E-state index >= 15 is 0 Å². The van der Waals surface area contributed by atoms with Gasteiger partial charge in [-0.2, -0.15) is 0 Å². The Balaban J connectivity index is 2.71. The van der Waals surface area contributed by atoms with Crippen LogP contribution in [0.25, 0.3) is 0 Å². The molecule has 0 aliphatic heterocycles. The summed E-state index contributed by atoms with van der Waals surface area (Å²) < 4.78 is 39.4. The zero-order valence-corrected chi connectivity index (χ0v) is 6.64. The predicted octanol–water partition coefficient (Wildman–Crippen LogP) is 1.19. The summed E-state index contributed by atoms with van der Waals surface area (Å²) in [6.45, 7) is 0. The molecule has 0 bridgehead atoms. The highest BCUT2D eigenvalue weighted by molar-refractivity contribution is 5.89. The van der Waals surface area contributed by atoms with E-state index in [-0.39, 0.29) is 12.8 Å². The zero-order chi connectivity index (χ0) is 10.1. The highest BCUT2D eigenvalue weighted by Gasteiger charge is 2.50. The van der Waals surface area contributed by atoms with Gasteiger partial charge in [-0.05, 0) is 19.3 Å². The number of hydrogen-bond acceptors (Lipinski definition) is 3. The number of ether oxygens (including phenoxy) is 1. The SMILES string of the molecule is NC(=NO)C1(OC(F)(F)F)CCC1. The smallest absolute Gasteiger partial charge is 0.409 e. The summed E-state index contributed by atoms with van der Waals surface area (Å²) in [7, 11) is 0. The van der Waals surface area contributed by atoms with Crippen molar-refractivity contribution in [1.82, 2.24) is 0 Å². The van der Waals surface area contributed by atoms with Gasteiger partial charge in [-0.25, -0.2) is 0 Å². The minimum absolute atomic E-state index is 0.127. The van der Waals surface area contributed by atoms with Crippen molar-refractivity contribution in [3.8, 4) is 0 Å². The number of amidine groups is 1. The third kappa shape index (κ3) is 2.03. The van der Waals surface area contributed by atoms with E-state index in [0.717, 1.165) is 0 Å². The number of rotatable bonds is 2. The van der Waals surface area contributed by atoms with Gasteiger partial charge in [-0.15, -0.1) is 13.2 Å². The first kappa shape index (κ1) is 10.1. The van der Waals surface area contributed by atoms with Crippen LogP contribution >= 0.6 is 0 Å². The molecule has 76 valence electrons. The van der Waals surface area contributed by atoms with Gasteiger partial charge in [0.2, 0.25) is 0 Å². The van der Waals surface area contributed by atoms with E-state index in [1.165, 1.54) is 0 Å². The lowest BCUT2D eigenvalue weighted by atomic mass is 9.79. The number of nitrogens with zero attached hydrogens (tertiary/aromatic N) is 1. The molecule has 4 nitrogen and oxygen atoms in total. The van der Waals surface area contributed by atoms with Gasteiger partial charge < -0.3 is 10.9 Å². The molecule has 0 amide bonds. The van der Waals surface area contributed by atoms with E-state index in [4.69, 9.17) is 10.9 Å². The van der Waals surface area contributed by atoms with Crippen molar-refractivity contribution in [2.24, 2.45) is 10.9 Å². The maximum Gasteiger partial charge on any atom is 0.523 e. The third-order valence-electron chi connectivity index (χ3n) is 2.05. The highest BCUT2D eigenvalue weighted by Crippen LogP contribution is 2.40. The van der Waals surface area contributed by atoms with E-state index in [1.54, 1.807) is 0 Å². The monoisotopic (exact) mass is 198 g/mol. The van der Waals surface area contributed by atoms with Crippen molar-refractivity contribution in [2.45, 2.75) is 31.2 Å². The molecule has 0 unspecified atom stereocenters. The number of nitrogens with two attached hydrogens (primary N) is 1. The molecule has 1 rings (SSSR count). The van der Waals surface area contributed by atoms with Gasteiger partial charge >= 0.3 is 6.36 Å². The first-order valence-corrected chi connectivity index (χ1v) is 3.64. The molecule has 0 aromatic heterocycles. The fourth-order valence-corrected chi connectivity index (χ4v) is 1.22. The summed E-state index contributed by atoms with van der Waals surface area (Å²) in [6.07, 6.45) is -3.92. The van der Waals surface area contributed by atoms with Gasteiger partial charge in [0.1, 0.15) is 5.60 Å². The van der Waals surface area contributed by atoms with Crippen molar-refractivity contribution < 1.29 is 23.1 Å². The van der Waals surface area contributed by atoms with E-state index in [9.17, 15) is 13.2 Å². The quantitative estimate of drug-likeness (QED) is 0.303. The Morgan fingerprint density at radius 1 is 1.46 bits per heavy atom. The Morgan fingerprint density at radius 2 is 2.00 bits per heavy atom. The lowest BCUT2D eigenvalue weighted by Crippen LogP contribution is -2.54. The van der Waals surface area contributed by atoms with Crippen LogP contribution in [0.15, 0.2) is 5.16 Å². The average Bonchev–Trinajstić information content (AvgIpc) is 1.93. The first-order chi connectivity index (χ1) is 5.90. The molecule has 0 heterocycles. The molecule has 0 saturated heterocycles. The van der Waals surface area contributed by atoms with E-state index in [2.05, 4.69) is 9.89 Å². The van der Waals surface area contributed by atoms with Crippen LogP contribution in [0.5, 0.6) is 0 Å². The molecular weight excluding hydrogens is 189 g/mol. The normalized spacial score (nSPS) is 22.5. The van der Waals surface area contributed by atoms with Crippen LogP contribution in [0, 0.1) is 0 Å². The third-order valence-corrected chi connectivity index (χ3v) is 2.05. The number of halogens is 3. The number of hydrogen-bond donors (Lipinski definition) is 2. The Hall–Kier alpha value is -0.980. The van der Waals surface area contributed by atoms with Crippen LogP contribution in [0.2, 0.25) is 0 Å². The second-order valence-electron chi connectivity index (χ2n) is 2.88. The summed E-state index contributed by atoms with van der Waals surface area (Å²) >= 11 is 0. The Morgan fingerprint density at radius 3 is 2.23 bits per heavy atom. The van der Waals surface area contributed by atoms with Crippen molar-refractivity contribution in [2.75, 3.05) is 0 Å². The lowest BCUT2D eigenvalue weighted by Gasteiger charge is -2.40. The molecule has 1 aliphatic carbocycles. The highest BCUT2D eigenvalue weighted by atomic mass is 19.4. The summed E-state index contributed by atoms with van der Waals surface area (Å²) in [5, 5.41) is 10.8. The Labute approximate surface area is 72.2 Å². The lowest BCUT2D eigenvalue weighted by molar-refractivity contribution is -0.364. The van der Waals surface area contributed by atoms with Crippen LogP contribution in [-0.2, 0) is 4.74 Å². The molecule has 7 heteroatoms. The largest absolute Gasteiger partial charge is 0.523 e. The minimum atomic E-state index is -4.75. The summed E-state index contributed by atoms with van der Waals surface area (Å²) in [5.74, 6) is -0.518. The van der Waals surface area contributed by atoms with Gasteiger partial charge in [0.15, 0.2) is 5.84 Å². The molecule has 0 radical (unpaired) electrons. The first-order valence-electron chi connectivity index (χ1n) is 3.64. The van der Waals surface area contributed by atoms with Gasteiger partial charge in [-0.1, -0.05) is 5.16 Å². The molecular formula is C6H9F3N2O2. The molecule has 1 aliphatic rings. The van der Waals surface area contributed by atoms with Crippen molar-refractivity contribution in [3.63, 3.8) is 0 Å². The van der Waals surface area contributed by atoms with Gasteiger partial charge in [0.25, 0.3) is 0 Å². The van der Waals surface area contributed by atoms with Gasteiger partial charge in [-0.3, -0.25) is 4.74 Å². The van der Waals surface area contributed by atoms with E-state index in [0.29, 0.717) is 6.42 Å². The number of oxime groups is 1. The van der Waals surface area contributed by atoms with Crippen molar-refractivity contribution >= 4 is 5.84 Å². The van der Waals surface area contributed by atoms with E-state index < -0.39 is 17.8 Å². The summed E-state index contributed by atoms with van der Waals surface area (Å²) in [5.41, 5.74) is 3.46. The molecule has 0 atom stereocenters.